The molecular formula is C17H11NO3. The second-order valence-corrected chi connectivity index (χ2v) is 4.93. The lowest BCUT2D eigenvalue weighted by molar-refractivity contribution is 0.104. The number of carbonyl (C=O) groups excluding carboxylic acids is 1. The van der Waals surface area contributed by atoms with Crippen molar-refractivity contribution in [3.8, 4) is 11.3 Å². The van der Waals surface area contributed by atoms with E-state index in [0.717, 1.165) is 5.56 Å². The molecule has 0 fully saturated rings. The average Bonchev–Trinajstić information content (AvgIpc) is 2.82. The molecule has 1 aliphatic carbocycles. The Kier molecular flexibility index (Phi) is 2.30. The van der Waals surface area contributed by atoms with Gasteiger partial charge in [-0.05, 0) is 6.07 Å². The van der Waals surface area contributed by atoms with Crippen molar-refractivity contribution < 1.29 is 9.63 Å². The smallest absolute Gasteiger partial charge is 0.291 e. The van der Waals surface area contributed by atoms with Gasteiger partial charge in [0.15, 0.2) is 5.78 Å². The van der Waals surface area contributed by atoms with Crippen molar-refractivity contribution in [1.82, 2.24) is 4.73 Å². The van der Waals surface area contributed by atoms with Crippen LogP contribution in [0.4, 0.5) is 0 Å². The van der Waals surface area contributed by atoms with Gasteiger partial charge in [0, 0.05) is 16.5 Å². The van der Waals surface area contributed by atoms with Gasteiger partial charge >= 0.3 is 0 Å². The number of fused-ring (bicyclic) bond motifs is 5. The zero-order valence-corrected chi connectivity index (χ0v) is 11.3. The van der Waals surface area contributed by atoms with E-state index >= 15 is 0 Å². The maximum atomic E-state index is 12.7. The Morgan fingerprint density at radius 2 is 1.48 bits per heavy atom. The summed E-state index contributed by atoms with van der Waals surface area (Å²) in [6.07, 6.45) is 0. The molecule has 1 aliphatic rings. The minimum Gasteiger partial charge on any atom is -0.413 e. The maximum absolute atomic E-state index is 12.7. The summed E-state index contributed by atoms with van der Waals surface area (Å²) in [6, 6.07) is 14.4. The van der Waals surface area contributed by atoms with Crippen LogP contribution in [0.5, 0.6) is 0 Å². The number of pyridine rings is 1. The fourth-order valence-electron chi connectivity index (χ4n) is 3.00. The number of ketones is 1. The molecule has 21 heavy (non-hydrogen) atoms. The lowest BCUT2D eigenvalue weighted by atomic mass is 10.0. The Hall–Kier alpha value is -2.88. The van der Waals surface area contributed by atoms with Crippen LogP contribution in [0.15, 0.2) is 53.3 Å². The van der Waals surface area contributed by atoms with Crippen LogP contribution in [0.1, 0.15) is 15.9 Å². The SMILES string of the molecule is COn1c2c(c3ccccc3c1=O)C(=O)c1ccccc1-2. The molecule has 0 unspecified atom stereocenters. The van der Waals surface area contributed by atoms with Gasteiger partial charge in [0.05, 0.1) is 10.9 Å². The van der Waals surface area contributed by atoms with Crippen LogP contribution >= 0.6 is 0 Å². The van der Waals surface area contributed by atoms with Crippen molar-refractivity contribution in [1.29, 1.82) is 0 Å². The highest BCUT2D eigenvalue weighted by Gasteiger charge is 2.32. The van der Waals surface area contributed by atoms with E-state index in [1.165, 1.54) is 11.8 Å². The minimum atomic E-state index is -0.253. The normalized spacial score (nSPS) is 12.3. The highest BCUT2D eigenvalue weighted by atomic mass is 16.6. The van der Waals surface area contributed by atoms with Gasteiger partial charge in [0.25, 0.3) is 5.56 Å². The lowest BCUT2D eigenvalue weighted by Crippen LogP contribution is -2.27. The summed E-state index contributed by atoms with van der Waals surface area (Å²) in [5.74, 6) is -0.0670. The van der Waals surface area contributed by atoms with Gasteiger partial charge in [-0.25, -0.2) is 0 Å². The van der Waals surface area contributed by atoms with Crippen molar-refractivity contribution in [2.45, 2.75) is 0 Å². The summed E-state index contributed by atoms with van der Waals surface area (Å²) in [6.45, 7) is 0. The Labute approximate surface area is 120 Å². The first-order chi connectivity index (χ1) is 10.2. The molecule has 0 spiro atoms. The van der Waals surface area contributed by atoms with Crippen LogP contribution in [-0.4, -0.2) is 17.6 Å². The topological polar surface area (TPSA) is 48.3 Å². The molecule has 0 radical (unpaired) electrons. The number of benzene rings is 2. The summed E-state index contributed by atoms with van der Waals surface area (Å²) < 4.78 is 1.21. The number of hydrogen-bond donors (Lipinski definition) is 0. The molecule has 1 aromatic heterocycles. The zero-order valence-electron chi connectivity index (χ0n) is 11.3. The number of nitrogens with zero attached hydrogens (tertiary/aromatic N) is 1. The van der Waals surface area contributed by atoms with E-state index in [9.17, 15) is 9.59 Å². The van der Waals surface area contributed by atoms with Gasteiger partial charge in [-0.1, -0.05) is 42.5 Å². The fraction of sp³-hybridized carbons (Fsp3) is 0.0588. The molecule has 4 rings (SSSR count). The molecule has 2 aromatic carbocycles. The van der Waals surface area contributed by atoms with Gasteiger partial charge in [-0.15, -0.1) is 4.73 Å². The number of rotatable bonds is 1. The molecule has 1 heterocycles. The van der Waals surface area contributed by atoms with Crippen LogP contribution in [-0.2, 0) is 0 Å². The summed E-state index contributed by atoms with van der Waals surface area (Å²) in [4.78, 5) is 30.5. The third-order valence-corrected chi connectivity index (χ3v) is 3.89. The van der Waals surface area contributed by atoms with Crippen molar-refractivity contribution in [3.63, 3.8) is 0 Å². The van der Waals surface area contributed by atoms with Crippen LogP contribution in [0.25, 0.3) is 22.0 Å². The molecule has 0 atom stereocenters. The van der Waals surface area contributed by atoms with Gasteiger partial charge in [0.2, 0.25) is 0 Å². The molecular weight excluding hydrogens is 266 g/mol. The van der Waals surface area contributed by atoms with Crippen LogP contribution in [0.3, 0.4) is 0 Å². The molecule has 4 nitrogen and oxygen atoms in total. The molecule has 102 valence electrons. The number of carbonyl (C=O) groups is 1. The molecule has 3 aromatic rings. The number of aromatic nitrogens is 1. The second-order valence-electron chi connectivity index (χ2n) is 4.93. The van der Waals surface area contributed by atoms with Crippen LogP contribution in [0.2, 0.25) is 0 Å². The monoisotopic (exact) mass is 277 g/mol. The van der Waals surface area contributed by atoms with E-state index in [1.54, 1.807) is 24.3 Å². The van der Waals surface area contributed by atoms with Crippen molar-refractivity contribution in [2.24, 2.45) is 0 Å². The quantitative estimate of drug-likeness (QED) is 0.536. The number of hydrogen-bond acceptors (Lipinski definition) is 3. The van der Waals surface area contributed by atoms with Crippen molar-refractivity contribution in [2.75, 3.05) is 7.11 Å². The Morgan fingerprint density at radius 1 is 0.857 bits per heavy atom. The Morgan fingerprint density at radius 3 is 2.19 bits per heavy atom. The molecule has 0 aliphatic heterocycles. The standard InChI is InChI=1S/C17H11NO3/c1-21-18-15-11-7-3-4-8-12(11)16(19)14(15)10-6-2-5-9-13(10)17(18)20/h2-9H,1H3. The van der Waals surface area contributed by atoms with Crippen LogP contribution in [0, 0.1) is 0 Å². The Balaban J connectivity index is 2.29. The Bertz CT molecular complexity index is 969. The highest BCUT2D eigenvalue weighted by Crippen LogP contribution is 2.38. The van der Waals surface area contributed by atoms with E-state index < -0.39 is 0 Å². The van der Waals surface area contributed by atoms with E-state index in [1.807, 2.05) is 24.3 Å². The van der Waals surface area contributed by atoms with Crippen LogP contribution < -0.4 is 10.4 Å². The summed E-state index contributed by atoms with van der Waals surface area (Å²) in [7, 11) is 1.43. The molecule has 0 N–H and O–H groups in total. The fourth-order valence-corrected chi connectivity index (χ4v) is 3.00. The van der Waals surface area contributed by atoms with Crippen molar-refractivity contribution >= 4 is 16.6 Å². The summed E-state index contributed by atoms with van der Waals surface area (Å²) in [5, 5.41) is 1.16. The molecule has 4 heteroatoms. The maximum Gasteiger partial charge on any atom is 0.291 e. The first kappa shape index (κ1) is 11.9. The predicted molar refractivity (Wildman–Crippen MR) is 79.6 cm³/mol. The molecule has 0 bridgehead atoms. The lowest BCUT2D eigenvalue weighted by Gasteiger charge is -2.12. The summed E-state index contributed by atoms with van der Waals surface area (Å²) >= 11 is 0. The van der Waals surface area contributed by atoms with Gasteiger partial charge in [-0.3, -0.25) is 9.59 Å². The first-order valence-electron chi connectivity index (χ1n) is 6.60. The minimum absolute atomic E-state index is 0.0670. The molecule has 0 saturated heterocycles. The zero-order chi connectivity index (χ0) is 14.6. The average molecular weight is 277 g/mol. The largest absolute Gasteiger partial charge is 0.413 e. The third-order valence-electron chi connectivity index (χ3n) is 3.89. The third kappa shape index (κ3) is 1.39. The van der Waals surface area contributed by atoms with E-state index in [-0.39, 0.29) is 11.3 Å². The first-order valence-corrected chi connectivity index (χ1v) is 6.60. The van der Waals surface area contributed by atoms with Gasteiger partial charge < -0.3 is 4.84 Å². The van der Waals surface area contributed by atoms with E-state index in [0.29, 0.717) is 27.6 Å². The van der Waals surface area contributed by atoms with Gasteiger partial charge in [0.1, 0.15) is 12.8 Å². The summed E-state index contributed by atoms with van der Waals surface area (Å²) in [5.41, 5.74) is 2.17. The highest BCUT2D eigenvalue weighted by molar-refractivity contribution is 6.26. The molecule has 0 saturated carbocycles. The van der Waals surface area contributed by atoms with Crippen molar-refractivity contribution in [3.05, 3.63) is 70.0 Å². The predicted octanol–water partition coefficient (Wildman–Crippen LogP) is 2.27. The van der Waals surface area contributed by atoms with E-state index in [2.05, 4.69) is 0 Å². The van der Waals surface area contributed by atoms with E-state index in [4.69, 9.17) is 4.84 Å². The van der Waals surface area contributed by atoms with Gasteiger partial charge in [-0.2, -0.15) is 0 Å². The second kappa shape index (κ2) is 4.06. The molecule has 0 amide bonds.